The molecule has 0 saturated heterocycles. The molecule has 1 aromatic carbocycles. The fourth-order valence-electron chi connectivity index (χ4n) is 7.11. The lowest BCUT2D eigenvalue weighted by Gasteiger charge is -2.51. The smallest absolute Gasteiger partial charge is 0.251 e. The second-order valence-electron chi connectivity index (χ2n) is 12.3. The summed E-state index contributed by atoms with van der Waals surface area (Å²) < 4.78 is 75.9. The minimum Gasteiger partial charge on any atom is -0.339 e. The maximum absolute atomic E-state index is 14.5. The zero-order valence-corrected chi connectivity index (χ0v) is 25.2. The molecule has 8 nitrogen and oxygen atoms in total. The first-order valence-corrected chi connectivity index (χ1v) is 16.3. The third-order valence-corrected chi connectivity index (χ3v) is 11.4. The lowest BCUT2D eigenvalue weighted by molar-refractivity contribution is -0.115. The first kappa shape index (κ1) is 29.6. The number of aryl methyl sites for hydroxylation is 1. The molecule has 3 atom stereocenters. The standard InChI is InChI=1S/C32H30F4N6O2S/c1-40-18-29(38-19-40)45(2,44)42(26-15-32(35,36)16-26)25-6-3-21-11-28-20(17-39-41(28)24-7-4-22(33)5-8-24)13-31(21,14-25)30(43)27-12-23(34)9-10-37-27/h4-5,7-12,17-19,25-26H,2-3,6,13-16H2,1H3/t25-,31-,45?/m0/s1. The topological polar surface area (TPSA) is 85.9 Å². The van der Waals surface area contributed by atoms with E-state index in [9.17, 15) is 26.6 Å². The van der Waals surface area contributed by atoms with Crippen molar-refractivity contribution in [2.45, 2.75) is 61.6 Å². The van der Waals surface area contributed by atoms with Gasteiger partial charge in [0.15, 0.2) is 10.8 Å². The number of aromatic nitrogens is 5. The highest BCUT2D eigenvalue weighted by atomic mass is 32.2. The first-order valence-electron chi connectivity index (χ1n) is 14.6. The van der Waals surface area contributed by atoms with Gasteiger partial charge in [-0.15, -0.1) is 0 Å². The van der Waals surface area contributed by atoms with Gasteiger partial charge in [-0.05, 0) is 73.5 Å². The highest BCUT2D eigenvalue weighted by Crippen LogP contribution is 2.53. The van der Waals surface area contributed by atoms with Crippen molar-refractivity contribution in [1.82, 2.24) is 28.6 Å². The number of pyridine rings is 1. The Labute approximate surface area is 257 Å². The van der Waals surface area contributed by atoms with Gasteiger partial charge in [-0.25, -0.2) is 35.7 Å². The van der Waals surface area contributed by atoms with Gasteiger partial charge in [-0.3, -0.25) is 9.78 Å². The van der Waals surface area contributed by atoms with Gasteiger partial charge in [0.2, 0.25) is 0 Å². The van der Waals surface area contributed by atoms with Gasteiger partial charge in [0, 0.05) is 50.4 Å². The summed E-state index contributed by atoms with van der Waals surface area (Å²) in [5.74, 6) is -0.270. The predicted molar refractivity (Wildman–Crippen MR) is 160 cm³/mol. The van der Waals surface area contributed by atoms with E-state index < -0.39 is 57.6 Å². The van der Waals surface area contributed by atoms with Crippen LogP contribution < -0.4 is 0 Å². The summed E-state index contributed by atoms with van der Waals surface area (Å²) in [7, 11) is -1.61. The Morgan fingerprint density at radius 1 is 1.07 bits per heavy atom. The molecule has 0 spiro atoms. The molecule has 13 heteroatoms. The van der Waals surface area contributed by atoms with Crippen molar-refractivity contribution < 1.29 is 26.6 Å². The summed E-state index contributed by atoms with van der Waals surface area (Å²) in [4.78, 5) is 23.0. The Morgan fingerprint density at radius 3 is 2.49 bits per heavy atom. The number of nitrogens with zero attached hydrogens (tertiary/aromatic N) is 6. The van der Waals surface area contributed by atoms with Crippen molar-refractivity contribution in [3.8, 4) is 5.69 Å². The maximum Gasteiger partial charge on any atom is 0.251 e. The normalized spacial score (nSPS) is 23.9. The summed E-state index contributed by atoms with van der Waals surface area (Å²) in [6.07, 6.45) is 7.96. The SMILES string of the molecule is C=S(=O)(c1cn(C)cn1)N(C1CC(F)(F)C1)[C@H]1CCC2=Cc3c(cnn3-c3ccc(F)cc3)C[C@]2(C(=O)c2cc(F)ccn2)C1. The Hall–Kier alpha value is -4.10. The number of hydrogen-bond acceptors (Lipinski definition) is 5. The lowest BCUT2D eigenvalue weighted by atomic mass is 9.60. The molecule has 3 heterocycles. The molecule has 7 rings (SSSR count). The van der Waals surface area contributed by atoms with E-state index in [1.54, 1.807) is 45.1 Å². The number of carbonyl (C=O) groups is 1. The summed E-state index contributed by atoms with van der Waals surface area (Å²) in [5.41, 5.74) is 1.57. The van der Waals surface area contributed by atoms with Crippen LogP contribution in [0.15, 0.2) is 71.9 Å². The van der Waals surface area contributed by atoms with Crippen molar-refractivity contribution in [2.75, 3.05) is 0 Å². The van der Waals surface area contributed by atoms with E-state index in [1.165, 1.54) is 24.7 Å². The number of allylic oxidation sites excluding steroid dienone is 1. The monoisotopic (exact) mass is 638 g/mol. The fourth-order valence-corrected chi connectivity index (χ4v) is 9.16. The van der Waals surface area contributed by atoms with E-state index in [-0.39, 0.29) is 29.4 Å². The molecule has 2 fully saturated rings. The number of fused-ring (bicyclic) bond motifs is 2. The molecule has 0 amide bonds. The average Bonchev–Trinajstić information content (AvgIpc) is 3.61. The van der Waals surface area contributed by atoms with Crippen LogP contribution in [0, 0.1) is 17.0 Å². The number of carbonyl (C=O) groups excluding carboxylic acids is 1. The number of rotatable bonds is 7. The number of hydrogen-bond donors (Lipinski definition) is 0. The van der Waals surface area contributed by atoms with Gasteiger partial charge >= 0.3 is 0 Å². The van der Waals surface area contributed by atoms with E-state index >= 15 is 0 Å². The molecule has 0 radical (unpaired) electrons. The summed E-state index contributed by atoms with van der Waals surface area (Å²) in [5, 5.41) is 4.72. The highest BCUT2D eigenvalue weighted by molar-refractivity contribution is 7.98. The molecule has 0 bridgehead atoms. The Morgan fingerprint density at radius 2 is 1.82 bits per heavy atom. The number of halogens is 4. The molecule has 45 heavy (non-hydrogen) atoms. The van der Waals surface area contributed by atoms with Crippen LogP contribution in [-0.2, 0) is 23.2 Å². The van der Waals surface area contributed by atoms with Crippen molar-refractivity contribution in [3.05, 3.63) is 95.5 Å². The molecule has 3 aliphatic rings. The van der Waals surface area contributed by atoms with Crippen LogP contribution in [-0.4, -0.2) is 62.5 Å². The molecular formula is C32H30F4N6O2S. The van der Waals surface area contributed by atoms with Gasteiger partial charge in [-0.1, -0.05) is 5.57 Å². The third-order valence-electron chi connectivity index (χ3n) is 9.23. The second kappa shape index (κ2) is 10.5. The van der Waals surface area contributed by atoms with E-state index in [4.69, 9.17) is 0 Å². The lowest BCUT2D eigenvalue weighted by Crippen LogP contribution is -2.59. The quantitative estimate of drug-likeness (QED) is 0.153. The minimum atomic E-state index is -3.33. The number of ketones is 1. The van der Waals surface area contributed by atoms with Crippen LogP contribution in [0.1, 0.15) is 53.8 Å². The van der Waals surface area contributed by atoms with Gasteiger partial charge in [0.05, 0.1) is 39.0 Å². The van der Waals surface area contributed by atoms with Crippen molar-refractivity contribution >= 4 is 27.4 Å². The number of imidazole rings is 1. The van der Waals surface area contributed by atoms with Crippen LogP contribution in [0.4, 0.5) is 17.6 Å². The zero-order chi connectivity index (χ0) is 31.7. The molecule has 234 valence electrons. The first-order chi connectivity index (χ1) is 21.4. The third kappa shape index (κ3) is 5.02. The zero-order valence-electron chi connectivity index (χ0n) is 24.4. The van der Waals surface area contributed by atoms with Crippen LogP contribution in [0.3, 0.4) is 0 Å². The number of alkyl halides is 2. The second-order valence-corrected chi connectivity index (χ2v) is 14.4. The largest absolute Gasteiger partial charge is 0.339 e. The van der Waals surface area contributed by atoms with Gasteiger partial charge in [-0.2, -0.15) is 5.10 Å². The van der Waals surface area contributed by atoms with Crippen LogP contribution >= 0.6 is 0 Å². The summed E-state index contributed by atoms with van der Waals surface area (Å²) >= 11 is 0. The Kier molecular flexibility index (Phi) is 6.89. The van der Waals surface area contributed by atoms with E-state index in [0.717, 1.165) is 29.0 Å². The van der Waals surface area contributed by atoms with Gasteiger partial charge < -0.3 is 4.57 Å². The van der Waals surface area contributed by atoms with Crippen molar-refractivity contribution in [2.24, 2.45) is 12.5 Å². The molecule has 0 N–H and O–H groups in total. The van der Waals surface area contributed by atoms with Crippen molar-refractivity contribution in [3.63, 3.8) is 0 Å². The van der Waals surface area contributed by atoms with Crippen LogP contribution in [0.5, 0.6) is 0 Å². The van der Waals surface area contributed by atoms with Crippen LogP contribution in [0.25, 0.3) is 11.8 Å². The molecule has 2 saturated carbocycles. The maximum atomic E-state index is 14.5. The van der Waals surface area contributed by atoms with Crippen LogP contribution in [0.2, 0.25) is 0 Å². The Balaban J connectivity index is 1.33. The molecule has 3 aliphatic carbocycles. The fraction of sp³-hybridized carbons (Fsp3) is 0.344. The van der Waals surface area contributed by atoms with Gasteiger partial charge in [0.1, 0.15) is 17.3 Å². The summed E-state index contributed by atoms with van der Waals surface area (Å²) in [6.45, 7) is 0. The Bertz CT molecular complexity index is 1940. The number of Topliss-reactive ketones (excluding diaryl/α,β-unsaturated/α-hetero) is 1. The van der Waals surface area contributed by atoms with E-state index in [2.05, 4.69) is 20.9 Å². The minimum absolute atomic E-state index is 0.0577. The van der Waals surface area contributed by atoms with E-state index in [1.807, 2.05) is 6.08 Å². The van der Waals surface area contributed by atoms with E-state index in [0.29, 0.717) is 18.5 Å². The molecule has 1 unspecified atom stereocenters. The molecule has 4 aromatic rings. The van der Waals surface area contributed by atoms with Gasteiger partial charge in [0.25, 0.3) is 5.92 Å². The number of benzene rings is 1. The van der Waals surface area contributed by atoms with Crippen molar-refractivity contribution in [1.29, 1.82) is 0 Å². The predicted octanol–water partition coefficient (Wildman–Crippen LogP) is 5.43. The molecular weight excluding hydrogens is 608 g/mol. The molecule has 3 aromatic heterocycles. The highest BCUT2D eigenvalue weighted by Gasteiger charge is 2.56. The summed E-state index contributed by atoms with van der Waals surface area (Å²) in [6, 6.07) is 6.83. The average molecular weight is 639 g/mol. The molecule has 0 aliphatic heterocycles.